The van der Waals surface area contributed by atoms with Crippen LogP contribution >= 0.6 is 0 Å². The average molecular weight is 175 g/mol. The molecule has 0 aromatic heterocycles. The Balaban J connectivity index is 3.11. The molecule has 0 aliphatic heterocycles. The predicted octanol–water partition coefficient (Wildman–Crippen LogP) is 1.97. The Hall–Kier alpha value is -1.57. The van der Waals surface area contributed by atoms with E-state index in [1.54, 1.807) is 6.92 Å². The normalized spacial score (nSPS) is 12.2. The summed E-state index contributed by atoms with van der Waals surface area (Å²) >= 11 is 0. The average Bonchev–Trinajstić information content (AvgIpc) is 2.17. The molecule has 2 nitrogen and oxygen atoms in total. The van der Waals surface area contributed by atoms with Crippen LogP contribution in [0.5, 0.6) is 0 Å². The highest BCUT2D eigenvalue weighted by atomic mass is 16.1. The van der Waals surface area contributed by atoms with Crippen LogP contribution in [0.1, 0.15) is 19.4 Å². The molecule has 0 saturated carbocycles. The summed E-state index contributed by atoms with van der Waals surface area (Å²) in [5.74, 6) is -0.360. The zero-order valence-electron chi connectivity index (χ0n) is 7.87. The van der Waals surface area contributed by atoms with Gasteiger partial charge in [0.25, 0.3) is 0 Å². The van der Waals surface area contributed by atoms with Crippen molar-refractivity contribution in [3.05, 3.63) is 41.5 Å². The van der Waals surface area contributed by atoms with Gasteiger partial charge in [0, 0.05) is 5.57 Å². The van der Waals surface area contributed by atoms with Gasteiger partial charge in [-0.25, -0.2) is 0 Å². The van der Waals surface area contributed by atoms with Crippen LogP contribution in [0.4, 0.5) is 0 Å². The van der Waals surface area contributed by atoms with Crippen molar-refractivity contribution in [2.45, 2.75) is 13.8 Å². The number of hydrogen-bond acceptors (Lipinski definition) is 1. The molecule has 1 aromatic rings. The quantitative estimate of drug-likeness (QED) is 0.686. The highest BCUT2D eigenvalue weighted by Crippen LogP contribution is 2.16. The summed E-state index contributed by atoms with van der Waals surface area (Å²) in [6.45, 7) is 3.64. The van der Waals surface area contributed by atoms with Gasteiger partial charge >= 0.3 is 0 Å². The van der Waals surface area contributed by atoms with Crippen molar-refractivity contribution in [1.29, 1.82) is 0 Å². The minimum absolute atomic E-state index is 0.360. The molecule has 0 spiro atoms. The van der Waals surface area contributed by atoms with Gasteiger partial charge in [-0.2, -0.15) is 0 Å². The SMILES string of the molecule is CC(C(N)=O)=C(C)c1ccccc1. The summed E-state index contributed by atoms with van der Waals surface area (Å²) < 4.78 is 0. The number of allylic oxidation sites excluding steroid dienone is 1. The third-order valence-corrected chi connectivity index (χ3v) is 2.14. The molecule has 13 heavy (non-hydrogen) atoms. The molecule has 2 N–H and O–H groups in total. The van der Waals surface area contributed by atoms with Gasteiger partial charge in [0.2, 0.25) is 5.91 Å². The Bertz CT molecular complexity index is 338. The Morgan fingerprint density at radius 3 is 2.15 bits per heavy atom. The molecule has 0 fully saturated rings. The number of primary amides is 1. The molecule has 2 heteroatoms. The molecule has 1 aromatic carbocycles. The first-order chi connectivity index (χ1) is 6.13. The molecule has 0 atom stereocenters. The maximum Gasteiger partial charge on any atom is 0.244 e. The molecule has 0 saturated heterocycles. The monoisotopic (exact) mass is 175 g/mol. The lowest BCUT2D eigenvalue weighted by atomic mass is 10.0. The maximum absolute atomic E-state index is 10.9. The Kier molecular flexibility index (Phi) is 2.85. The molecule has 68 valence electrons. The van der Waals surface area contributed by atoms with E-state index < -0.39 is 0 Å². The fourth-order valence-corrected chi connectivity index (χ4v) is 1.09. The third-order valence-electron chi connectivity index (χ3n) is 2.14. The van der Waals surface area contributed by atoms with Gasteiger partial charge < -0.3 is 5.73 Å². The van der Waals surface area contributed by atoms with Crippen molar-refractivity contribution in [3.63, 3.8) is 0 Å². The topological polar surface area (TPSA) is 43.1 Å². The molecular weight excluding hydrogens is 162 g/mol. The first-order valence-corrected chi connectivity index (χ1v) is 4.15. The fourth-order valence-electron chi connectivity index (χ4n) is 1.09. The lowest BCUT2D eigenvalue weighted by molar-refractivity contribution is -0.114. The van der Waals surface area contributed by atoms with Gasteiger partial charge in [-0.3, -0.25) is 4.79 Å². The van der Waals surface area contributed by atoms with E-state index in [0.717, 1.165) is 11.1 Å². The largest absolute Gasteiger partial charge is 0.366 e. The standard InChI is InChI=1S/C11H13NO/c1-8(9(2)11(12)13)10-6-4-3-5-7-10/h3-7H,1-2H3,(H2,12,13). The van der Waals surface area contributed by atoms with E-state index in [0.29, 0.717) is 5.57 Å². The minimum atomic E-state index is -0.360. The van der Waals surface area contributed by atoms with Gasteiger partial charge in [0.1, 0.15) is 0 Å². The molecule has 0 aliphatic rings. The van der Waals surface area contributed by atoms with Crippen molar-refractivity contribution in [2.75, 3.05) is 0 Å². The van der Waals surface area contributed by atoms with Crippen LogP contribution < -0.4 is 5.73 Å². The molecule has 0 aliphatic carbocycles. The van der Waals surface area contributed by atoms with E-state index in [4.69, 9.17) is 5.73 Å². The van der Waals surface area contributed by atoms with Crippen molar-refractivity contribution >= 4 is 11.5 Å². The Labute approximate surface area is 78.1 Å². The first kappa shape index (κ1) is 9.52. The summed E-state index contributed by atoms with van der Waals surface area (Å²) in [5.41, 5.74) is 7.77. The molecule has 0 heterocycles. The summed E-state index contributed by atoms with van der Waals surface area (Å²) in [6.07, 6.45) is 0. The van der Waals surface area contributed by atoms with Gasteiger partial charge in [0.05, 0.1) is 0 Å². The van der Waals surface area contributed by atoms with Crippen LogP contribution in [0.2, 0.25) is 0 Å². The number of nitrogens with two attached hydrogens (primary N) is 1. The molecule has 0 bridgehead atoms. The van der Waals surface area contributed by atoms with Gasteiger partial charge in [-0.1, -0.05) is 30.3 Å². The zero-order valence-corrected chi connectivity index (χ0v) is 7.87. The van der Waals surface area contributed by atoms with Crippen molar-refractivity contribution in [3.8, 4) is 0 Å². The lowest BCUT2D eigenvalue weighted by Gasteiger charge is -2.03. The van der Waals surface area contributed by atoms with E-state index in [1.165, 1.54) is 0 Å². The molecule has 0 unspecified atom stereocenters. The van der Waals surface area contributed by atoms with E-state index >= 15 is 0 Å². The van der Waals surface area contributed by atoms with Crippen LogP contribution in [-0.2, 0) is 4.79 Å². The Morgan fingerprint density at radius 1 is 1.15 bits per heavy atom. The summed E-state index contributed by atoms with van der Waals surface area (Å²) in [6, 6.07) is 9.74. The van der Waals surface area contributed by atoms with Crippen LogP contribution in [0, 0.1) is 0 Å². The highest BCUT2D eigenvalue weighted by Gasteiger charge is 2.03. The van der Waals surface area contributed by atoms with Crippen LogP contribution in [0.3, 0.4) is 0 Å². The minimum Gasteiger partial charge on any atom is -0.366 e. The first-order valence-electron chi connectivity index (χ1n) is 4.15. The summed E-state index contributed by atoms with van der Waals surface area (Å²) in [5, 5.41) is 0. The van der Waals surface area contributed by atoms with Crippen molar-refractivity contribution < 1.29 is 4.79 Å². The van der Waals surface area contributed by atoms with Crippen LogP contribution in [0.15, 0.2) is 35.9 Å². The molecular formula is C11H13NO. The van der Waals surface area contributed by atoms with Crippen LogP contribution in [-0.4, -0.2) is 5.91 Å². The van der Waals surface area contributed by atoms with E-state index in [2.05, 4.69) is 0 Å². The second kappa shape index (κ2) is 3.90. The van der Waals surface area contributed by atoms with Gasteiger partial charge in [-0.05, 0) is 25.0 Å². The summed E-state index contributed by atoms with van der Waals surface area (Å²) in [4.78, 5) is 10.9. The number of carbonyl (C=O) groups is 1. The number of carbonyl (C=O) groups excluding carboxylic acids is 1. The molecule has 0 radical (unpaired) electrons. The van der Waals surface area contributed by atoms with E-state index in [1.807, 2.05) is 37.3 Å². The highest BCUT2D eigenvalue weighted by molar-refractivity contribution is 5.99. The number of amides is 1. The predicted molar refractivity (Wildman–Crippen MR) is 53.9 cm³/mol. The second-order valence-electron chi connectivity index (χ2n) is 2.98. The third kappa shape index (κ3) is 2.18. The molecule has 1 rings (SSSR count). The van der Waals surface area contributed by atoms with E-state index in [-0.39, 0.29) is 5.91 Å². The number of benzene rings is 1. The molecule has 1 amide bonds. The second-order valence-corrected chi connectivity index (χ2v) is 2.98. The van der Waals surface area contributed by atoms with Crippen molar-refractivity contribution in [1.82, 2.24) is 0 Å². The number of hydrogen-bond donors (Lipinski definition) is 1. The number of rotatable bonds is 2. The lowest BCUT2D eigenvalue weighted by Crippen LogP contribution is -2.12. The smallest absolute Gasteiger partial charge is 0.244 e. The fraction of sp³-hybridized carbons (Fsp3) is 0.182. The van der Waals surface area contributed by atoms with Crippen LogP contribution in [0.25, 0.3) is 5.57 Å². The van der Waals surface area contributed by atoms with Gasteiger partial charge in [-0.15, -0.1) is 0 Å². The maximum atomic E-state index is 10.9. The van der Waals surface area contributed by atoms with Crippen molar-refractivity contribution in [2.24, 2.45) is 5.73 Å². The van der Waals surface area contributed by atoms with E-state index in [9.17, 15) is 4.79 Å². The zero-order chi connectivity index (χ0) is 9.84. The van der Waals surface area contributed by atoms with Gasteiger partial charge in [0.15, 0.2) is 0 Å². The Morgan fingerprint density at radius 2 is 1.69 bits per heavy atom. The summed E-state index contributed by atoms with van der Waals surface area (Å²) in [7, 11) is 0.